The minimum absolute atomic E-state index is 0.307. The third-order valence-electron chi connectivity index (χ3n) is 4.14. The van der Waals surface area contributed by atoms with Crippen molar-refractivity contribution in [3.05, 3.63) is 48.3 Å². The lowest BCUT2D eigenvalue weighted by molar-refractivity contribution is 0.152. The average Bonchev–Trinajstić information content (AvgIpc) is 3.21. The summed E-state index contributed by atoms with van der Waals surface area (Å²) in [5.74, 6) is 0.779. The topological polar surface area (TPSA) is 39.1 Å². The molecule has 112 valence electrons. The van der Waals surface area contributed by atoms with Gasteiger partial charge in [0, 0.05) is 31.6 Å². The molecule has 4 nitrogen and oxygen atoms in total. The quantitative estimate of drug-likeness (QED) is 0.850. The van der Waals surface area contributed by atoms with Gasteiger partial charge >= 0.3 is 0 Å². The third kappa shape index (κ3) is 3.52. The highest BCUT2D eigenvalue weighted by molar-refractivity contribution is 5.36. The normalized spacial score (nSPS) is 17.6. The van der Waals surface area contributed by atoms with Gasteiger partial charge in [-0.3, -0.25) is 0 Å². The molecule has 0 saturated heterocycles. The molecule has 1 saturated carbocycles. The number of rotatable bonds is 7. The summed E-state index contributed by atoms with van der Waals surface area (Å²) in [6.45, 7) is 3.00. The van der Waals surface area contributed by atoms with E-state index >= 15 is 0 Å². The Hall–Kier alpha value is -1.65. The lowest BCUT2D eigenvalue weighted by atomic mass is 10.1. The Kier molecular flexibility index (Phi) is 4.36. The van der Waals surface area contributed by atoms with Crippen LogP contribution in [0.3, 0.4) is 0 Å². The average molecular weight is 285 g/mol. The van der Waals surface area contributed by atoms with Gasteiger partial charge in [0.15, 0.2) is 0 Å². The summed E-state index contributed by atoms with van der Waals surface area (Å²) < 4.78 is 7.24. The molecule has 4 heteroatoms. The predicted molar refractivity (Wildman–Crippen MR) is 83.5 cm³/mol. The maximum Gasteiger partial charge on any atom is 0.0648 e. The molecule has 0 amide bonds. The minimum atomic E-state index is 0.307. The molecule has 0 unspecified atom stereocenters. The SMILES string of the molecule is COC[C@@H](N[C@@H](C)c1cccc(-n2cccn2)c1)C1CC1. The second-order valence-corrected chi connectivity index (χ2v) is 5.83. The van der Waals surface area contributed by atoms with Crippen LogP contribution in [0, 0.1) is 5.92 Å². The molecular formula is C17H23N3O. The Morgan fingerprint density at radius 2 is 2.24 bits per heavy atom. The van der Waals surface area contributed by atoms with E-state index in [-0.39, 0.29) is 0 Å². The number of ether oxygens (including phenoxy) is 1. The monoisotopic (exact) mass is 285 g/mol. The van der Waals surface area contributed by atoms with Crippen LogP contribution in [0.15, 0.2) is 42.7 Å². The molecule has 1 aliphatic rings. The fourth-order valence-electron chi connectivity index (χ4n) is 2.77. The number of nitrogens with zero attached hydrogens (tertiary/aromatic N) is 2. The number of aromatic nitrogens is 2. The van der Waals surface area contributed by atoms with E-state index in [0.29, 0.717) is 12.1 Å². The van der Waals surface area contributed by atoms with E-state index in [1.807, 2.05) is 16.9 Å². The Balaban J connectivity index is 1.72. The van der Waals surface area contributed by atoms with Crippen molar-refractivity contribution in [3.63, 3.8) is 0 Å². The van der Waals surface area contributed by atoms with Crippen molar-refractivity contribution in [2.24, 2.45) is 5.92 Å². The van der Waals surface area contributed by atoms with Gasteiger partial charge < -0.3 is 10.1 Å². The molecule has 1 fully saturated rings. The van der Waals surface area contributed by atoms with Crippen LogP contribution >= 0.6 is 0 Å². The standard InChI is InChI=1S/C17H23N3O/c1-13(19-17(12-21-2)14-7-8-14)15-5-3-6-16(11-15)20-10-4-9-18-20/h3-6,9-11,13-14,17,19H,7-8,12H2,1-2H3/t13-,17+/m0/s1. The summed E-state index contributed by atoms with van der Waals surface area (Å²) in [6, 6.07) is 11.2. The molecule has 1 aromatic carbocycles. The van der Waals surface area contributed by atoms with Crippen LogP contribution in [0.5, 0.6) is 0 Å². The van der Waals surface area contributed by atoms with Crippen LogP contribution in [-0.2, 0) is 4.74 Å². The molecule has 0 aliphatic heterocycles. The van der Waals surface area contributed by atoms with Crippen LogP contribution in [0.1, 0.15) is 31.4 Å². The van der Waals surface area contributed by atoms with E-state index in [1.54, 1.807) is 13.3 Å². The molecule has 1 N–H and O–H groups in total. The zero-order valence-corrected chi connectivity index (χ0v) is 12.7. The van der Waals surface area contributed by atoms with Crippen molar-refractivity contribution in [1.82, 2.24) is 15.1 Å². The lowest BCUT2D eigenvalue weighted by Gasteiger charge is -2.23. The molecule has 0 bridgehead atoms. The van der Waals surface area contributed by atoms with Crippen molar-refractivity contribution in [3.8, 4) is 5.69 Å². The summed E-state index contributed by atoms with van der Waals surface area (Å²) in [6.07, 6.45) is 6.41. The van der Waals surface area contributed by atoms with Crippen LogP contribution in [0.25, 0.3) is 5.69 Å². The van der Waals surface area contributed by atoms with Crippen LogP contribution in [0.4, 0.5) is 0 Å². The number of hydrogen-bond acceptors (Lipinski definition) is 3. The fraction of sp³-hybridized carbons (Fsp3) is 0.471. The third-order valence-corrected chi connectivity index (χ3v) is 4.14. The molecule has 21 heavy (non-hydrogen) atoms. The first kappa shape index (κ1) is 14.3. The van der Waals surface area contributed by atoms with Crippen LogP contribution in [-0.4, -0.2) is 29.5 Å². The van der Waals surface area contributed by atoms with Gasteiger partial charge in [-0.1, -0.05) is 12.1 Å². The number of hydrogen-bond donors (Lipinski definition) is 1. The van der Waals surface area contributed by atoms with Gasteiger partial charge in [-0.25, -0.2) is 4.68 Å². The summed E-state index contributed by atoms with van der Waals surface area (Å²) >= 11 is 0. The van der Waals surface area contributed by atoms with E-state index in [4.69, 9.17) is 4.74 Å². The summed E-state index contributed by atoms with van der Waals surface area (Å²) in [5, 5.41) is 8.01. The molecule has 0 radical (unpaired) electrons. The Bertz CT molecular complexity index is 563. The first-order valence-corrected chi connectivity index (χ1v) is 7.63. The number of methoxy groups -OCH3 is 1. The second kappa shape index (κ2) is 6.41. The number of nitrogens with one attached hydrogen (secondary N) is 1. The van der Waals surface area contributed by atoms with E-state index in [2.05, 4.69) is 41.6 Å². The summed E-state index contributed by atoms with van der Waals surface area (Å²) in [4.78, 5) is 0. The highest BCUT2D eigenvalue weighted by Gasteiger charge is 2.31. The van der Waals surface area contributed by atoms with Crippen molar-refractivity contribution in [2.75, 3.05) is 13.7 Å². The van der Waals surface area contributed by atoms with Gasteiger partial charge in [0.2, 0.25) is 0 Å². The van der Waals surface area contributed by atoms with Gasteiger partial charge in [0.25, 0.3) is 0 Å². The largest absolute Gasteiger partial charge is 0.383 e. The van der Waals surface area contributed by atoms with E-state index < -0.39 is 0 Å². The smallest absolute Gasteiger partial charge is 0.0648 e. The van der Waals surface area contributed by atoms with Crippen LogP contribution in [0.2, 0.25) is 0 Å². The lowest BCUT2D eigenvalue weighted by Crippen LogP contribution is -2.37. The maximum absolute atomic E-state index is 5.35. The molecular weight excluding hydrogens is 262 g/mol. The van der Waals surface area contributed by atoms with Gasteiger partial charge in [-0.05, 0) is 49.4 Å². The predicted octanol–water partition coefficient (Wildman–Crippen LogP) is 2.95. The first-order chi connectivity index (χ1) is 10.3. The minimum Gasteiger partial charge on any atom is -0.383 e. The Morgan fingerprint density at radius 1 is 1.38 bits per heavy atom. The Morgan fingerprint density at radius 3 is 2.90 bits per heavy atom. The maximum atomic E-state index is 5.35. The van der Waals surface area contributed by atoms with Gasteiger partial charge in [-0.2, -0.15) is 5.10 Å². The van der Waals surface area contributed by atoms with E-state index in [9.17, 15) is 0 Å². The zero-order chi connectivity index (χ0) is 14.7. The summed E-state index contributed by atoms with van der Waals surface area (Å²) in [7, 11) is 1.78. The molecule has 1 aromatic heterocycles. The second-order valence-electron chi connectivity index (χ2n) is 5.83. The molecule has 3 rings (SSSR count). The highest BCUT2D eigenvalue weighted by atomic mass is 16.5. The molecule has 1 heterocycles. The fourth-order valence-corrected chi connectivity index (χ4v) is 2.77. The molecule has 0 spiro atoms. The van der Waals surface area contributed by atoms with Crippen molar-refractivity contribution in [1.29, 1.82) is 0 Å². The number of benzene rings is 1. The van der Waals surface area contributed by atoms with Crippen LogP contribution < -0.4 is 5.32 Å². The molecule has 2 atom stereocenters. The Labute approximate surface area is 126 Å². The van der Waals surface area contributed by atoms with E-state index in [0.717, 1.165) is 18.2 Å². The van der Waals surface area contributed by atoms with E-state index in [1.165, 1.54) is 18.4 Å². The first-order valence-electron chi connectivity index (χ1n) is 7.63. The summed E-state index contributed by atoms with van der Waals surface area (Å²) in [5.41, 5.74) is 2.38. The van der Waals surface area contributed by atoms with Crippen molar-refractivity contribution < 1.29 is 4.74 Å². The molecule has 2 aromatic rings. The zero-order valence-electron chi connectivity index (χ0n) is 12.7. The van der Waals surface area contributed by atoms with Crippen molar-refractivity contribution >= 4 is 0 Å². The highest BCUT2D eigenvalue weighted by Crippen LogP contribution is 2.34. The van der Waals surface area contributed by atoms with Crippen molar-refractivity contribution in [2.45, 2.75) is 31.8 Å². The van der Waals surface area contributed by atoms with Gasteiger partial charge in [0.05, 0.1) is 12.3 Å². The molecule has 1 aliphatic carbocycles. The van der Waals surface area contributed by atoms with Gasteiger partial charge in [-0.15, -0.1) is 0 Å². The van der Waals surface area contributed by atoms with Gasteiger partial charge in [0.1, 0.15) is 0 Å².